The maximum absolute atomic E-state index is 13.4. The number of carbonyl (C=O) groups is 2. The molecule has 3 N–H and O–H groups in total. The van der Waals surface area contributed by atoms with Gasteiger partial charge in [0.1, 0.15) is 16.9 Å². The smallest absolute Gasteiger partial charge is 0.416 e. The van der Waals surface area contributed by atoms with E-state index in [1.165, 1.54) is 18.1 Å². The summed E-state index contributed by atoms with van der Waals surface area (Å²) in [4.78, 5) is 32.6. The normalized spacial score (nSPS) is 28.2. The number of nitrogens with one attached hydrogen (secondary N) is 1. The van der Waals surface area contributed by atoms with E-state index in [4.69, 9.17) is 21.6 Å². The Bertz CT molecular complexity index is 1270. The molecular weight excluding hydrogens is 525 g/mol. The summed E-state index contributed by atoms with van der Waals surface area (Å²) in [5, 5.41) is 2.95. The minimum absolute atomic E-state index is 0.00558. The van der Waals surface area contributed by atoms with E-state index in [9.17, 15) is 22.8 Å². The van der Waals surface area contributed by atoms with Crippen molar-refractivity contribution in [3.63, 3.8) is 0 Å². The summed E-state index contributed by atoms with van der Waals surface area (Å²) >= 11 is 0. The van der Waals surface area contributed by atoms with Crippen LogP contribution in [0, 0.1) is 24.2 Å². The SMILES string of the molecule is C#C[C@@]1(CC)CC(=O)N([C@@H](/C=C/COC)C2C[C@H]2C(=O)NC2CC(C)(C)Oc3ccc(C(F)(F)F)cc32)C(N)=N1. The van der Waals surface area contributed by atoms with E-state index in [0.29, 0.717) is 18.6 Å². The van der Waals surface area contributed by atoms with E-state index in [1.54, 1.807) is 12.2 Å². The zero-order valence-corrected chi connectivity index (χ0v) is 23.0. The van der Waals surface area contributed by atoms with Crippen molar-refractivity contribution in [2.45, 2.75) is 75.9 Å². The first-order valence-corrected chi connectivity index (χ1v) is 13.3. The zero-order chi connectivity index (χ0) is 29.5. The lowest BCUT2D eigenvalue weighted by molar-refractivity contribution is -0.137. The summed E-state index contributed by atoms with van der Waals surface area (Å²) in [5.41, 5.74) is 4.03. The number of benzene rings is 1. The number of amides is 2. The first-order valence-electron chi connectivity index (χ1n) is 13.3. The van der Waals surface area contributed by atoms with Crippen molar-refractivity contribution in [1.29, 1.82) is 0 Å². The number of alkyl halides is 3. The highest BCUT2D eigenvalue weighted by atomic mass is 19.4. The monoisotopic (exact) mass is 560 g/mol. The summed E-state index contributed by atoms with van der Waals surface area (Å²) in [6.07, 6.45) is 5.85. The van der Waals surface area contributed by atoms with Crippen LogP contribution >= 0.6 is 0 Å². The van der Waals surface area contributed by atoms with Crippen LogP contribution in [0.15, 0.2) is 35.3 Å². The van der Waals surface area contributed by atoms with Crippen LogP contribution in [0.2, 0.25) is 0 Å². The van der Waals surface area contributed by atoms with Gasteiger partial charge in [0.25, 0.3) is 0 Å². The van der Waals surface area contributed by atoms with Crippen molar-refractivity contribution in [2.75, 3.05) is 13.7 Å². The summed E-state index contributed by atoms with van der Waals surface area (Å²) in [5.74, 6) is 1.53. The summed E-state index contributed by atoms with van der Waals surface area (Å²) < 4.78 is 51.3. The van der Waals surface area contributed by atoms with E-state index >= 15 is 0 Å². The Labute approximate surface area is 232 Å². The Balaban J connectivity index is 1.57. The van der Waals surface area contributed by atoms with Gasteiger partial charge >= 0.3 is 6.18 Å². The number of methoxy groups -OCH3 is 1. The van der Waals surface area contributed by atoms with Gasteiger partial charge in [-0.3, -0.25) is 14.5 Å². The molecule has 0 bridgehead atoms. The molecule has 1 aliphatic carbocycles. The minimum atomic E-state index is -4.53. The highest BCUT2D eigenvalue weighted by Crippen LogP contribution is 2.47. The molecule has 2 amide bonds. The first-order chi connectivity index (χ1) is 18.7. The van der Waals surface area contributed by atoms with E-state index in [1.807, 2.05) is 20.8 Å². The molecule has 11 heteroatoms. The molecule has 1 aromatic rings. The van der Waals surface area contributed by atoms with Gasteiger partial charge in [-0.1, -0.05) is 25.0 Å². The number of rotatable bonds is 8. The van der Waals surface area contributed by atoms with Crippen LogP contribution in [0.4, 0.5) is 13.2 Å². The molecular formula is C29H35F3N4O4. The highest BCUT2D eigenvalue weighted by Gasteiger charge is 2.52. The molecule has 0 aromatic heterocycles. The van der Waals surface area contributed by atoms with Crippen LogP contribution in [-0.2, 0) is 20.5 Å². The number of aliphatic imine (C=N–C) groups is 1. The molecule has 8 nitrogen and oxygen atoms in total. The molecule has 1 fully saturated rings. The second-order valence-electron chi connectivity index (χ2n) is 11.2. The molecule has 1 saturated carbocycles. The molecule has 3 aliphatic rings. The fourth-order valence-corrected chi connectivity index (χ4v) is 5.53. The molecule has 2 unspecified atom stereocenters. The van der Waals surface area contributed by atoms with Gasteiger partial charge in [0, 0.05) is 25.0 Å². The Morgan fingerprint density at radius 2 is 2.15 bits per heavy atom. The lowest BCUT2D eigenvalue weighted by Gasteiger charge is -2.38. The van der Waals surface area contributed by atoms with Crippen LogP contribution in [0.3, 0.4) is 0 Å². The van der Waals surface area contributed by atoms with Crippen molar-refractivity contribution in [3.8, 4) is 18.1 Å². The number of nitrogens with two attached hydrogens (primary N) is 1. The maximum Gasteiger partial charge on any atom is 0.416 e. The topological polar surface area (TPSA) is 106 Å². The number of nitrogens with zero attached hydrogens (tertiary/aromatic N) is 2. The van der Waals surface area contributed by atoms with Gasteiger partial charge in [0.2, 0.25) is 11.8 Å². The van der Waals surface area contributed by atoms with Crippen LogP contribution in [0.5, 0.6) is 5.75 Å². The average molecular weight is 561 g/mol. The van der Waals surface area contributed by atoms with E-state index < -0.39 is 40.9 Å². The van der Waals surface area contributed by atoms with E-state index in [0.717, 1.165) is 12.1 Å². The molecule has 2 aliphatic heterocycles. The number of hydrogen-bond donors (Lipinski definition) is 2. The second-order valence-corrected chi connectivity index (χ2v) is 11.2. The number of guanidine groups is 1. The lowest BCUT2D eigenvalue weighted by atomic mass is 9.88. The predicted molar refractivity (Wildman–Crippen MR) is 143 cm³/mol. The van der Waals surface area contributed by atoms with Gasteiger partial charge in [-0.15, -0.1) is 6.42 Å². The maximum atomic E-state index is 13.4. The molecule has 5 atom stereocenters. The third kappa shape index (κ3) is 5.97. The van der Waals surface area contributed by atoms with Gasteiger partial charge in [0.05, 0.1) is 30.7 Å². The number of hydrogen-bond acceptors (Lipinski definition) is 6. The fourth-order valence-electron chi connectivity index (χ4n) is 5.53. The molecule has 216 valence electrons. The number of carbonyl (C=O) groups excluding carboxylic acids is 2. The van der Waals surface area contributed by atoms with E-state index in [2.05, 4.69) is 16.2 Å². The molecule has 0 spiro atoms. The minimum Gasteiger partial charge on any atom is -0.487 e. The molecule has 4 rings (SSSR count). The summed E-state index contributed by atoms with van der Waals surface area (Å²) in [6, 6.07) is 2.06. The molecule has 2 heterocycles. The number of halogens is 3. The van der Waals surface area contributed by atoms with E-state index in [-0.39, 0.29) is 48.7 Å². The molecule has 1 aromatic carbocycles. The van der Waals surface area contributed by atoms with Crippen LogP contribution in [0.25, 0.3) is 0 Å². The van der Waals surface area contributed by atoms with Crippen LogP contribution in [-0.4, -0.2) is 53.6 Å². The Morgan fingerprint density at radius 1 is 1.43 bits per heavy atom. The third-order valence-electron chi connectivity index (χ3n) is 7.76. The van der Waals surface area contributed by atoms with Crippen molar-refractivity contribution >= 4 is 17.8 Å². The standard InChI is InChI=1S/C29H35F3N4O4/c1-6-28(7-2)16-24(37)36(26(33)35-28)22(9-8-12-39-5)18-14-19(18)25(38)34-21-15-27(3,4)40-23-11-10-17(13-20(21)23)29(30,31)32/h1,8-11,13,18-19,21-22H,7,12,14-16H2,2-5H3,(H2,33,35)(H,34,38)/b9-8+/t18?,19-,21?,22+,28-/m1/s1. The zero-order valence-electron chi connectivity index (χ0n) is 23.0. The summed E-state index contributed by atoms with van der Waals surface area (Å²) in [6.45, 7) is 5.77. The van der Waals surface area contributed by atoms with Gasteiger partial charge in [-0.05, 0) is 50.8 Å². The fraction of sp³-hybridized carbons (Fsp3) is 0.552. The molecule has 0 saturated heterocycles. The Hall–Kier alpha value is -3.52. The van der Waals surface area contributed by atoms with Crippen molar-refractivity contribution in [2.24, 2.45) is 22.6 Å². The number of terminal acetylenes is 1. The van der Waals surface area contributed by atoms with Gasteiger partial charge < -0.3 is 20.5 Å². The number of fused-ring (bicyclic) bond motifs is 1. The van der Waals surface area contributed by atoms with Crippen LogP contribution < -0.4 is 15.8 Å². The number of ether oxygens (including phenoxy) is 2. The van der Waals surface area contributed by atoms with Gasteiger partial charge in [-0.25, -0.2) is 4.99 Å². The third-order valence-corrected chi connectivity index (χ3v) is 7.76. The van der Waals surface area contributed by atoms with Crippen molar-refractivity contribution in [1.82, 2.24) is 10.2 Å². The largest absolute Gasteiger partial charge is 0.487 e. The molecule has 40 heavy (non-hydrogen) atoms. The molecule has 0 radical (unpaired) electrons. The van der Waals surface area contributed by atoms with Gasteiger partial charge in [-0.2, -0.15) is 13.2 Å². The van der Waals surface area contributed by atoms with Crippen LogP contribution in [0.1, 0.15) is 63.6 Å². The Morgan fingerprint density at radius 3 is 2.75 bits per heavy atom. The lowest BCUT2D eigenvalue weighted by Crippen LogP contribution is -2.55. The van der Waals surface area contributed by atoms with Gasteiger partial charge in [0.15, 0.2) is 5.96 Å². The Kier molecular flexibility index (Phi) is 7.96. The van der Waals surface area contributed by atoms with Crippen molar-refractivity contribution in [3.05, 3.63) is 41.5 Å². The van der Waals surface area contributed by atoms with Crippen molar-refractivity contribution < 1.29 is 32.2 Å². The predicted octanol–water partition coefficient (Wildman–Crippen LogP) is 3.96. The highest BCUT2D eigenvalue weighted by molar-refractivity contribution is 6.00. The summed E-state index contributed by atoms with van der Waals surface area (Å²) in [7, 11) is 1.54. The first kappa shape index (κ1) is 29.5. The average Bonchev–Trinajstić information content (AvgIpc) is 3.67. The quantitative estimate of drug-likeness (QED) is 0.370. The second kappa shape index (κ2) is 10.8.